The van der Waals surface area contributed by atoms with E-state index in [1.54, 1.807) is 37.3 Å². The van der Waals surface area contributed by atoms with Gasteiger partial charge in [-0.25, -0.2) is 0 Å². The fourth-order valence-electron chi connectivity index (χ4n) is 3.41. The van der Waals surface area contributed by atoms with Gasteiger partial charge in [0.25, 0.3) is 11.6 Å². The predicted octanol–water partition coefficient (Wildman–Crippen LogP) is 5.01. The van der Waals surface area contributed by atoms with E-state index in [9.17, 15) is 19.7 Å². The van der Waals surface area contributed by atoms with E-state index in [-0.39, 0.29) is 17.5 Å². The molecule has 0 saturated carbocycles. The van der Waals surface area contributed by atoms with E-state index >= 15 is 0 Å². The minimum atomic E-state index is -0.490. The lowest BCUT2D eigenvalue weighted by atomic mass is 10.1. The number of carbonyl (C=O) groups excluding carboxylic acids is 2. The highest BCUT2D eigenvalue weighted by molar-refractivity contribution is 8.26. The quantitative estimate of drug-likeness (QED) is 0.146. The largest absolute Gasteiger partial charge is 0.493 e. The average molecular weight is 516 g/mol. The van der Waals surface area contributed by atoms with Gasteiger partial charge in [-0.05, 0) is 48.7 Å². The van der Waals surface area contributed by atoms with E-state index in [0.29, 0.717) is 52.2 Å². The Kier molecular flexibility index (Phi) is 9.21. The summed E-state index contributed by atoms with van der Waals surface area (Å²) in [6.07, 6.45) is 4.20. The molecule has 1 saturated heterocycles. The molecule has 0 aliphatic carbocycles. The number of amides is 2. The molecule has 1 N–H and O–H groups in total. The molecule has 1 aliphatic heterocycles. The molecule has 2 aromatic rings. The smallest absolute Gasteiger partial charge is 0.269 e. The van der Waals surface area contributed by atoms with Crippen LogP contribution in [-0.2, 0) is 9.59 Å². The zero-order valence-corrected chi connectivity index (χ0v) is 20.9. The first-order chi connectivity index (χ1) is 16.8. The van der Waals surface area contributed by atoms with Gasteiger partial charge in [0.2, 0.25) is 5.91 Å². The molecule has 9 nitrogen and oxygen atoms in total. The van der Waals surface area contributed by atoms with Crippen molar-refractivity contribution in [3.63, 3.8) is 0 Å². The number of ether oxygens (including phenoxy) is 2. The molecule has 35 heavy (non-hydrogen) atoms. The number of carbonyl (C=O) groups is 2. The third kappa shape index (κ3) is 7.03. The van der Waals surface area contributed by atoms with Gasteiger partial charge in [-0.15, -0.1) is 0 Å². The number of thiocarbonyl (C=S) groups is 1. The maximum absolute atomic E-state index is 12.8. The van der Waals surface area contributed by atoms with Crippen molar-refractivity contribution >= 4 is 57.6 Å². The minimum absolute atomic E-state index is 0.0303. The van der Waals surface area contributed by atoms with Gasteiger partial charge in [-0.1, -0.05) is 36.5 Å². The molecule has 11 heteroatoms. The first-order valence-corrected chi connectivity index (χ1v) is 12.1. The Morgan fingerprint density at radius 1 is 1.11 bits per heavy atom. The number of nitro groups is 1. The van der Waals surface area contributed by atoms with E-state index in [1.165, 1.54) is 36.0 Å². The van der Waals surface area contributed by atoms with Crippen LogP contribution in [0.1, 0.15) is 31.2 Å². The van der Waals surface area contributed by atoms with E-state index in [4.69, 9.17) is 21.7 Å². The lowest BCUT2D eigenvalue weighted by Gasteiger charge is -2.14. The summed E-state index contributed by atoms with van der Waals surface area (Å²) in [5.41, 5.74) is 1.29. The van der Waals surface area contributed by atoms with Crippen molar-refractivity contribution in [2.75, 3.05) is 26.1 Å². The van der Waals surface area contributed by atoms with Crippen LogP contribution < -0.4 is 14.8 Å². The number of unbranched alkanes of at least 4 members (excludes halogenated alkanes) is 2. The lowest BCUT2D eigenvalue weighted by Crippen LogP contribution is -2.29. The van der Waals surface area contributed by atoms with Gasteiger partial charge in [0, 0.05) is 30.8 Å². The molecule has 3 rings (SSSR count). The fourth-order valence-corrected chi connectivity index (χ4v) is 4.72. The van der Waals surface area contributed by atoms with Gasteiger partial charge in [0.05, 0.1) is 24.0 Å². The maximum Gasteiger partial charge on any atom is 0.269 e. The Morgan fingerprint density at radius 2 is 1.83 bits per heavy atom. The first-order valence-electron chi connectivity index (χ1n) is 10.8. The number of benzene rings is 2. The fraction of sp³-hybridized carbons (Fsp3) is 0.292. The van der Waals surface area contributed by atoms with Crippen molar-refractivity contribution in [1.82, 2.24) is 4.90 Å². The lowest BCUT2D eigenvalue weighted by molar-refractivity contribution is -0.384. The summed E-state index contributed by atoms with van der Waals surface area (Å²) in [5, 5.41) is 13.4. The van der Waals surface area contributed by atoms with E-state index in [2.05, 4.69) is 5.32 Å². The number of nitro benzene ring substituents is 1. The van der Waals surface area contributed by atoms with Crippen molar-refractivity contribution in [3.8, 4) is 11.5 Å². The molecule has 2 aromatic carbocycles. The molecule has 0 aromatic heterocycles. The van der Waals surface area contributed by atoms with Crippen LogP contribution in [0.5, 0.6) is 11.5 Å². The Morgan fingerprint density at radius 3 is 2.49 bits per heavy atom. The van der Waals surface area contributed by atoms with Crippen LogP contribution in [0, 0.1) is 10.1 Å². The topological polar surface area (TPSA) is 111 Å². The minimum Gasteiger partial charge on any atom is -0.493 e. The standard InChI is InChI=1S/C24H25N3O6S2/c1-32-19-12-7-16(14-20(19)33-2)15-21-23(29)26(24(34)35-21)13-5-3-4-6-22(28)25-17-8-10-18(11-9-17)27(30)31/h7-12,14-15H,3-6,13H2,1-2H3,(H,25,28). The Hall–Kier alpha value is -3.44. The van der Waals surface area contributed by atoms with Gasteiger partial charge in [0.1, 0.15) is 4.32 Å². The summed E-state index contributed by atoms with van der Waals surface area (Å²) < 4.78 is 11.1. The number of hydrogen-bond acceptors (Lipinski definition) is 8. The van der Waals surface area contributed by atoms with Crippen LogP contribution in [0.25, 0.3) is 6.08 Å². The molecule has 0 bridgehead atoms. The second-order valence-corrected chi connectivity index (χ2v) is 9.29. The summed E-state index contributed by atoms with van der Waals surface area (Å²) in [7, 11) is 3.12. The zero-order chi connectivity index (χ0) is 25.4. The highest BCUT2D eigenvalue weighted by Gasteiger charge is 2.31. The average Bonchev–Trinajstić information content (AvgIpc) is 3.11. The Labute approximate surface area is 212 Å². The molecular weight excluding hydrogens is 490 g/mol. The second-order valence-electron chi connectivity index (χ2n) is 7.61. The number of non-ortho nitro benzene ring substituents is 1. The number of thioether (sulfide) groups is 1. The number of rotatable bonds is 11. The van der Waals surface area contributed by atoms with Gasteiger partial charge in [-0.3, -0.25) is 24.6 Å². The van der Waals surface area contributed by atoms with Crippen LogP contribution in [0.2, 0.25) is 0 Å². The zero-order valence-electron chi connectivity index (χ0n) is 19.3. The van der Waals surface area contributed by atoms with Crippen LogP contribution in [0.15, 0.2) is 47.4 Å². The van der Waals surface area contributed by atoms with Crippen LogP contribution in [-0.4, -0.2) is 46.7 Å². The third-order valence-electron chi connectivity index (χ3n) is 5.23. The number of anilines is 1. The van der Waals surface area contributed by atoms with Crippen LogP contribution >= 0.6 is 24.0 Å². The third-order valence-corrected chi connectivity index (χ3v) is 6.60. The molecule has 1 heterocycles. The summed E-state index contributed by atoms with van der Waals surface area (Å²) in [4.78, 5) is 37.3. The maximum atomic E-state index is 12.8. The molecule has 0 radical (unpaired) electrons. The van der Waals surface area contributed by atoms with Crippen molar-refractivity contribution in [3.05, 3.63) is 63.0 Å². The van der Waals surface area contributed by atoms with E-state index in [1.807, 2.05) is 6.07 Å². The van der Waals surface area contributed by atoms with Crippen molar-refractivity contribution in [2.45, 2.75) is 25.7 Å². The number of nitrogens with one attached hydrogen (secondary N) is 1. The SMILES string of the molecule is COc1ccc(C=C2SC(=S)N(CCCCCC(=O)Nc3ccc([N+](=O)[O-])cc3)C2=O)cc1OC. The molecule has 0 unspecified atom stereocenters. The Bertz CT molecular complexity index is 1150. The van der Waals surface area contributed by atoms with E-state index in [0.717, 1.165) is 12.0 Å². The second kappa shape index (κ2) is 12.3. The highest BCUT2D eigenvalue weighted by atomic mass is 32.2. The molecule has 1 aliphatic rings. The predicted molar refractivity (Wildman–Crippen MR) is 140 cm³/mol. The first kappa shape index (κ1) is 26.2. The number of hydrogen-bond donors (Lipinski definition) is 1. The number of nitrogens with zero attached hydrogens (tertiary/aromatic N) is 2. The van der Waals surface area contributed by atoms with Crippen LogP contribution in [0.3, 0.4) is 0 Å². The molecule has 1 fully saturated rings. The molecule has 0 atom stereocenters. The van der Waals surface area contributed by atoms with Gasteiger partial charge in [-0.2, -0.15) is 0 Å². The molecule has 0 spiro atoms. The van der Waals surface area contributed by atoms with Crippen molar-refractivity contribution in [1.29, 1.82) is 0 Å². The van der Waals surface area contributed by atoms with Crippen LogP contribution in [0.4, 0.5) is 11.4 Å². The van der Waals surface area contributed by atoms with Gasteiger partial charge in [0.15, 0.2) is 11.5 Å². The highest BCUT2D eigenvalue weighted by Crippen LogP contribution is 2.34. The summed E-state index contributed by atoms with van der Waals surface area (Å²) >= 11 is 6.66. The van der Waals surface area contributed by atoms with Gasteiger partial charge < -0.3 is 14.8 Å². The summed E-state index contributed by atoms with van der Waals surface area (Å²) in [5.74, 6) is 0.890. The monoisotopic (exact) mass is 515 g/mol. The normalized spacial score (nSPS) is 14.3. The van der Waals surface area contributed by atoms with Crippen molar-refractivity contribution in [2.24, 2.45) is 0 Å². The number of methoxy groups -OCH3 is 2. The summed E-state index contributed by atoms with van der Waals surface area (Å²) in [6.45, 7) is 0.484. The van der Waals surface area contributed by atoms with E-state index < -0.39 is 4.92 Å². The molecule has 2 amide bonds. The van der Waals surface area contributed by atoms with Crippen molar-refractivity contribution < 1.29 is 24.0 Å². The molecule has 184 valence electrons. The summed E-state index contributed by atoms with van der Waals surface area (Å²) in [6, 6.07) is 11.1. The Balaban J connectivity index is 1.44. The van der Waals surface area contributed by atoms with Gasteiger partial charge >= 0.3 is 0 Å². The molecular formula is C24H25N3O6S2.